The fraction of sp³-hybridized carbons (Fsp3) is 0.971. The summed E-state index contributed by atoms with van der Waals surface area (Å²) in [6.07, 6.45) is 10.2. The van der Waals surface area contributed by atoms with Crippen LogP contribution in [0.3, 0.4) is 0 Å². The van der Waals surface area contributed by atoms with Crippen LogP contribution in [0.25, 0.3) is 0 Å². The average molecular weight is 698 g/mol. The zero-order valence-electron chi connectivity index (χ0n) is 29.1. The molecule has 1 aliphatic carbocycles. The Morgan fingerprint density at radius 2 is 1.02 bits per heavy atom. The van der Waals surface area contributed by atoms with Gasteiger partial charge < -0.3 is 40.8 Å². The maximum atomic E-state index is 12.8. The summed E-state index contributed by atoms with van der Waals surface area (Å²) in [5.74, 6) is -0.313. The molecular formula is C34H68NO11P. The van der Waals surface area contributed by atoms with Crippen molar-refractivity contribution in [1.82, 2.24) is 5.32 Å². The SMILES string of the molecule is CCCCCCCCCCCCC(=O)N[C@@H](COP(=O)(O)OC1C(O)C(O)C(O)[C@@H](O)C1O)[C@H](O)CCCCCCCCCCCC. The van der Waals surface area contributed by atoms with Gasteiger partial charge in [0.2, 0.25) is 5.91 Å². The van der Waals surface area contributed by atoms with Crippen molar-refractivity contribution in [3.63, 3.8) is 0 Å². The van der Waals surface area contributed by atoms with Crippen LogP contribution in [0.4, 0.5) is 0 Å². The van der Waals surface area contributed by atoms with Crippen LogP contribution in [0.5, 0.6) is 0 Å². The second kappa shape index (κ2) is 26.2. The number of aliphatic hydroxyl groups excluding tert-OH is 6. The van der Waals surface area contributed by atoms with E-state index in [0.29, 0.717) is 19.3 Å². The molecule has 47 heavy (non-hydrogen) atoms. The van der Waals surface area contributed by atoms with Crippen LogP contribution in [0.1, 0.15) is 155 Å². The largest absolute Gasteiger partial charge is 0.472 e. The molecule has 0 heterocycles. The van der Waals surface area contributed by atoms with Crippen molar-refractivity contribution >= 4 is 13.7 Å². The number of amides is 1. The Bertz CT molecular complexity index is 822. The molecule has 0 bridgehead atoms. The van der Waals surface area contributed by atoms with Gasteiger partial charge in [-0.25, -0.2) is 4.57 Å². The average Bonchev–Trinajstić information content (AvgIpc) is 3.04. The van der Waals surface area contributed by atoms with Crippen molar-refractivity contribution in [2.75, 3.05) is 6.61 Å². The second-order valence-corrected chi connectivity index (χ2v) is 14.8. The highest BCUT2D eigenvalue weighted by Crippen LogP contribution is 2.47. The first-order valence-corrected chi connectivity index (χ1v) is 20.0. The summed E-state index contributed by atoms with van der Waals surface area (Å²) >= 11 is 0. The van der Waals surface area contributed by atoms with Crippen LogP contribution in [0.15, 0.2) is 0 Å². The highest BCUT2D eigenvalue weighted by molar-refractivity contribution is 7.47. The molecule has 280 valence electrons. The molecule has 1 fully saturated rings. The van der Waals surface area contributed by atoms with Crippen molar-refractivity contribution in [2.24, 2.45) is 0 Å². The molecule has 1 saturated carbocycles. The van der Waals surface area contributed by atoms with E-state index >= 15 is 0 Å². The molecule has 12 nitrogen and oxygen atoms in total. The first-order valence-electron chi connectivity index (χ1n) is 18.5. The molecule has 0 aliphatic heterocycles. The molecule has 13 heteroatoms. The lowest BCUT2D eigenvalue weighted by molar-refractivity contribution is -0.220. The normalized spacial score (nSPS) is 25.7. The Morgan fingerprint density at radius 3 is 1.47 bits per heavy atom. The molecule has 1 amide bonds. The van der Waals surface area contributed by atoms with Gasteiger partial charge in [0.1, 0.15) is 36.6 Å². The zero-order valence-corrected chi connectivity index (χ0v) is 30.0. The highest BCUT2D eigenvalue weighted by Gasteiger charge is 2.51. The molecule has 1 aliphatic rings. The van der Waals surface area contributed by atoms with E-state index in [1.54, 1.807) is 0 Å². The number of phosphoric ester groups is 1. The molecule has 0 spiro atoms. The third-order valence-electron chi connectivity index (χ3n) is 9.17. The zero-order chi connectivity index (χ0) is 35.1. The number of aliphatic hydroxyl groups is 6. The summed E-state index contributed by atoms with van der Waals surface area (Å²) in [7, 11) is -5.03. The lowest BCUT2D eigenvalue weighted by Crippen LogP contribution is -2.64. The van der Waals surface area contributed by atoms with Gasteiger partial charge >= 0.3 is 7.82 Å². The topological polar surface area (TPSA) is 206 Å². The van der Waals surface area contributed by atoms with Crippen molar-refractivity contribution in [2.45, 2.75) is 204 Å². The van der Waals surface area contributed by atoms with Gasteiger partial charge in [0, 0.05) is 6.42 Å². The number of nitrogens with one attached hydrogen (secondary N) is 1. The van der Waals surface area contributed by atoms with Crippen molar-refractivity contribution in [3.8, 4) is 0 Å². The van der Waals surface area contributed by atoms with Crippen molar-refractivity contribution in [1.29, 1.82) is 0 Å². The molecule has 0 saturated heterocycles. The number of hydrogen-bond donors (Lipinski definition) is 8. The minimum absolute atomic E-state index is 0.240. The maximum Gasteiger partial charge on any atom is 0.472 e. The van der Waals surface area contributed by atoms with Gasteiger partial charge in [-0.1, -0.05) is 136 Å². The number of rotatable bonds is 29. The maximum absolute atomic E-state index is 12.8. The molecular weight excluding hydrogens is 629 g/mol. The van der Waals surface area contributed by atoms with Gasteiger partial charge in [-0.2, -0.15) is 0 Å². The number of unbranched alkanes of at least 4 members (excludes halogenated alkanes) is 18. The summed E-state index contributed by atoms with van der Waals surface area (Å²) in [5, 5.41) is 63.6. The Labute approximate surface area is 283 Å². The summed E-state index contributed by atoms with van der Waals surface area (Å²) in [6, 6.07) is -1.02. The van der Waals surface area contributed by atoms with E-state index in [2.05, 4.69) is 19.2 Å². The van der Waals surface area contributed by atoms with Crippen LogP contribution in [0.2, 0.25) is 0 Å². The minimum Gasteiger partial charge on any atom is -0.391 e. The molecule has 0 aromatic carbocycles. The summed E-state index contributed by atoms with van der Waals surface area (Å²) in [5.41, 5.74) is 0. The van der Waals surface area contributed by atoms with Gasteiger partial charge in [-0.05, 0) is 12.8 Å². The number of carbonyl (C=O) groups is 1. The highest BCUT2D eigenvalue weighted by atomic mass is 31.2. The van der Waals surface area contributed by atoms with Crippen LogP contribution in [-0.2, 0) is 18.4 Å². The molecule has 1 rings (SSSR count). The first-order chi connectivity index (χ1) is 22.4. The van der Waals surface area contributed by atoms with Gasteiger partial charge in [-0.15, -0.1) is 0 Å². The minimum atomic E-state index is -5.03. The van der Waals surface area contributed by atoms with Crippen LogP contribution in [-0.4, -0.2) is 96.8 Å². The standard InChI is InChI=1S/C34H68NO11P/c1-3-5-7-9-11-13-15-17-19-21-23-27(36)26(35-28(37)24-22-20-18-16-14-12-10-8-6-4-2)25-45-47(43,44)46-34-32(41)30(39)29(38)31(40)33(34)42/h26-27,29-34,36,38-42H,3-25H2,1-2H3,(H,35,37)(H,43,44)/t26-,27+,29?,30+,31?,32?,33?,34?/m0/s1. The molecule has 9 atom stereocenters. The summed E-state index contributed by atoms with van der Waals surface area (Å²) < 4.78 is 22.7. The predicted octanol–water partition coefficient (Wildman–Crippen LogP) is 4.77. The lowest BCUT2D eigenvalue weighted by atomic mass is 9.85. The van der Waals surface area contributed by atoms with E-state index < -0.39 is 63.2 Å². The smallest absolute Gasteiger partial charge is 0.391 e. The Kier molecular flexibility index (Phi) is 24.7. The molecule has 0 aromatic heterocycles. The van der Waals surface area contributed by atoms with Crippen LogP contribution >= 0.6 is 7.82 Å². The summed E-state index contributed by atoms with van der Waals surface area (Å²) in [4.78, 5) is 23.1. The predicted molar refractivity (Wildman–Crippen MR) is 182 cm³/mol. The van der Waals surface area contributed by atoms with Gasteiger partial charge in [0.15, 0.2) is 0 Å². The van der Waals surface area contributed by atoms with E-state index in [9.17, 15) is 44.9 Å². The van der Waals surface area contributed by atoms with E-state index in [-0.39, 0.29) is 12.3 Å². The monoisotopic (exact) mass is 697 g/mol. The van der Waals surface area contributed by atoms with Crippen molar-refractivity contribution in [3.05, 3.63) is 0 Å². The van der Waals surface area contributed by atoms with Crippen molar-refractivity contribution < 1.29 is 53.9 Å². The molecule has 8 N–H and O–H groups in total. The van der Waals surface area contributed by atoms with E-state index in [1.807, 2.05) is 0 Å². The van der Waals surface area contributed by atoms with Gasteiger partial charge in [0.05, 0.1) is 18.8 Å². The molecule has 0 aromatic rings. The Balaban J connectivity index is 2.60. The Morgan fingerprint density at radius 1 is 0.638 bits per heavy atom. The molecule has 0 radical (unpaired) electrons. The first kappa shape index (κ1) is 44.4. The second-order valence-electron chi connectivity index (χ2n) is 13.4. The number of carbonyl (C=O) groups excluding carboxylic acids is 1. The quantitative estimate of drug-likeness (QED) is 0.0395. The van der Waals surface area contributed by atoms with Gasteiger partial charge in [-0.3, -0.25) is 13.8 Å². The number of phosphoric acid groups is 1. The fourth-order valence-corrected chi connectivity index (χ4v) is 6.99. The number of hydrogen-bond acceptors (Lipinski definition) is 10. The summed E-state index contributed by atoms with van der Waals surface area (Å²) in [6.45, 7) is 3.81. The lowest BCUT2D eigenvalue weighted by Gasteiger charge is -2.41. The van der Waals surface area contributed by atoms with Crippen LogP contribution in [0, 0.1) is 0 Å². The van der Waals surface area contributed by atoms with E-state index in [4.69, 9.17) is 9.05 Å². The fourth-order valence-electron chi connectivity index (χ4n) is 6.02. The Hall–Kier alpha value is -0.660. The van der Waals surface area contributed by atoms with Gasteiger partial charge in [0.25, 0.3) is 0 Å². The third kappa shape index (κ3) is 19.4. The molecule has 6 unspecified atom stereocenters. The third-order valence-corrected chi connectivity index (χ3v) is 10.2. The van der Waals surface area contributed by atoms with Crippen LogP contribution < -0.4 is 5.32 Å². The van der Waals surface area contributed by atoms with E-state index in [0.717, 1.165) is 38.5 Å². The van der Waals surface area contributed by atoms with E-state index in [1.165, 1.54) is 77.0 Å².